The summed E-state index contributed by atoms with van der Waals surface area (Å²) in [6.07, 6.45) is 3.10. The molecular formula is C24H32FN3O4S. The lowest BCUT2D eigenvalue weighted by Crippen LogP contribution is -2.52. The zero-order valence-corrected chi connectivity index (χ0v) is 20.1. The molecule has 2 aromatic rings. The van der Waals surface area contributed by atoms with Gasteiger partial charge in [-0.05, 0) is 42.7 Å². The van der Waals surface area contributed by atoms with Gasteiger partial charge in [0.05, 0.1) is 11.9 Å². The molecular weight excluding hydrogens is 445 g/mol. The summed E-state index contributed by atoms with van der Waals surface area (Å²) in [4.78, 5) is 27.7. The SMILES string of the molecule is CCCCNC(=O)C(CC)N(Cc1ccc(F)cc1)C(=O)CN(c1ccccc1)S(C)(=O)=O. The van der Waals surface area contributed by atoms with E-state index in [1.807, 2.05) is 6.92 Å². The van der Waals surface area contributed by atoms with Gasteiger partial charge in [0, 0.05) is 13.1 Å². The van der Waals surface area contributed by atoms with E-state index >= 15 is 0 Å². The van der Waals surface area contributed by atoms with E-state index in [-0.39, 0.29) is 12.5 Å². The Morgan fingerprint density at radius 3 is 2.21 bits per heavy atom. The highest BCUT2D eigenvalue weighted by atomic mass is 32.2. The molecule has 2 aromatic carbocycles. The third kappa shape index (κ3) is 7.85. The average molecular weight is 478 g/mol. The third-order valence-electron chi connectivity index (χ3n) is 5.21. The molecule has 180 valence electrons. The summed E-state index contributed by atoms with van der Waals surface area (Å²) < 4.78 is 39.3. The summed E-state index contributed by atoms with van der Waals surface area (Å²) in [5.41, 5.74) is 0.991. The molecule has 7 nitrogen and oxygen atoms in total. The number of carbonyl (C=O) groups excluding carboxylic acids is 2. The average Bonchev–Trinajstić information content (AvgIpc) is 2.78. The second kappa shape index (κ2) is 12.3. The molecule has 0 fully saturated rings. The number of anilines is 1. The Bertz CT molecular complexity index is 1010. The van der Waals surface area contributed by atoms with Crippen molar-refractivity contribution in [2.45, 2.75) is 45.7 Å². The van der Waals surface area contributed by atoms with Gasteiger partial charge in [0.15, 0.2) is 0 Å². The van der Waals surface area contributed by atoms with Crippen LogP contribution in [0.3, 0.4) is 0 Å². The summed E-state index contributed by atoms with van der Waals surface area (Å²) in [5.74, 6) is -1.23. The summed E-state index contributed by atoms with van der Waals surface area (Å²) in [5, 5.41) is 2.86. The topological polar surface area (TPSA) is 86.8 Å². The number of para-hydroxylation sites is 1. The fourth-order valence-corrected chi connectivity index (χ4v) is 4.27. The third-order valence-corrected chi connectivity index (χ3v) is 6.35. The first-order chi connectivity index (χ1) is 15.7. The van der Waals surface area contributed by atoms with Gasteiger partial charge >= 0.3 is 0 Å². The molecule has 0 aliphatic heterocycles. The normalized spacial score (nSPS) is 12.1. The van der Waals surface area contributed by atoms with Crippen LogP contribution < -0.4 is 9.62 Å². The van der Waals surface area contributed by atoms with Crippen molar-refractivity contribution in [3.8, 4) is 0 Å². The first-order valence-electron chi connectivity index (χ1n) is 11.0. The highest BCUT2D eigenvalue weighted by molar-refractivity contribution is 7.92. The minimum atomic E-state index is -3.76. The predicted molar refractivity (Wildman–Crippen MR) is 128 cm³/mol. The first kappa shape index (κ1) is 26.3. The maximum absolute atomic E-state index is 13.4. The monoisotopic (exact) mass is 477 g/mol. The fraction of sp³-hybridized carbons (Fsp3) is 0.417. The van der Waals surface area contributed by atoms with Gasteiger partial charge in [-0.1, -0.05) is 50.6 Å². The lowest BCUT2D eigenvalue weighted by atomic mass is 10.1. The Hall–Kier alpha value is -2.94. The molecule has 2 amide bonds. The summed E-state index contributed by atoms with van der Waals surface area (Å²) in [6, 6.07) is 13.2. The molecule has 0 radical (unpaired) electrons. The van der Waals surface area contributed by atoms with Crippen molar-refractivity contribution in [2.24, 2.45) is 0 Å². The quantitative estimate of drug-likeness (QED) is 0.475. The molecule has 0 bridgehead atoms. The molecule has 1 atom stereocenters. The van der Waals surface area contributed by atoms with Crippen LogP contribution in [0.25, 0.3) is 0 Å². The lowest BCUT2D eigenvalue weighted by Gasteiger charge is -2.32. The molecule has 2 rings (SSSR count). The molecule has 1 unspecified atom stereocenters. The number of benzene rings is 2. The number of carbonyl (C=O) groups is 2. The maximum atomic E-state index is 13.4. The van der Waals surface area contributed by atoms with Gasteiger partial charge in [-0.2, -0.15) is 0 Å². The van der Waals surface area contributed by atoms with Crippen molar-refractivity contribution in [1.82, 2.24) is 10.2 Å². The van der Waals surface area contributed by atoms with Gasteiger partial charge < -0.3 is 10.2 Å². The standard InChI is InChI=1S/C24H32FN3O4S/c1-4-6-16-26-24(30)22(5-2)27(17-19-12-14-20(25)15-13-19)23(29)18-28(33(3,31)32)21-10-8-7-9-11-21/h7-15,22H,4-6,16-18H2,1-3H3,(H,26,30). The van der Waals surface area contributed by atoms with E-state index < -0.39 is 34.3 Å². The summed E-state index contributed by atoms with van der Waals surface area (Å²) in [7, 11) is -3.76. The minimum absolute atomic E-state index is 0.0468. The van der Waals surface area contributed by atoms with Crippen LogP contribution in [-0.4, -0.2) is 50.5 Å². The van der Waals surface area contributed by atoms with Crippen molar-refractivity contribution >= 4 is 27.5 Å². The van der Waals surface area contributed by atoms with Gasteiger partial charge in [-0.25, -0.2) is 12.8 Å². The van der Waals surface area contributed by atoms with Gasteiger partial charge in [-0.3, -0.25) is 13.9 Å². The van der Waals surface area contributed by atoms with Crippen LogP contribution in [0, 0.1) is 5.82 Å². The van der Waals surface area contributed by atoms with Crippen LogP contribution in [-0.2, 0) is 26.2 Å². The number of halogens is 1. The molecule has 9 heteroatoms. The number of sulfonamides is 1. The van der Waals surface area contributed by atoms with Crippen molar-refractivity contribution in [3.63, 3.8) is 0 Å². The molecule has 0 saturated heterocycles. The maximum Gasteiger partial charge on any atom is 0.244 e. The van der Waals surface area contributed by atoms with E-state index in [4.69, 9.17) is 0 Å². The van der Waals surface area contributed by atoms with Crippen LogP contribution in [0.1, 0.15) is 38.7 Å². The van der Waals surface area contributed by atoms with Crippen LogP contribution >= 0.6 is 0 Å². The van der Waals surface area contributed by atoms with E-state index in [1.54, 1.807) is 49.4 Å². The van der Waals surface area contributed by atoms with Crippen LogP contribution in [0.5, 0.6) is 0 Å². The van der Waals surface area contributed by atoms with Crippen molar-refractivity contribution < 1.29 is 22.4 Å². The van der Waals surface area contributed by atoms with Gasteiger partial charge in [-0.15, -0.1) is 0 Å². The molecule has 33 heavy (non-hydrogen) atoms. The Balaban J connectivity index is 2.36. The molecule has 0 heterocycles. The number of unbranched alkanes of at least 4 members (excludes halogenated alkanes) is 1. The first-order valence-corrected chi connectivity index (χ1v) is 12.9. The number of hydrogen-bond donors (Lipinski definition) is 1. The van der Waals surface area contributed by atoms with Gasteiger partial charge in [0.25, 0.3) is 0 Å². The minimum Gasteiger partial charge on any atom is -0.354 e. The Morgan fingerprint density at radius 1 is 1.03 bits per heavy atom. The van der Waals surface area contributed by atoms with Crippen molar-refractivity contribution in [1.29, 1.82) is 0 Å². The molecule has 0 aliphatic carbocycles. The lowest BCUT2D eigenvalue weighted by molar-refractivity contribution is -0.140. The fourth-order valence-electron chi connectivity index (χ4n) is 3.42. The Labute approximate surface area is 195 Å². The zero-order valence-electron chi connectivity index (χ0n) is 19.3. The predicted octanol–water partition coefficient (Wildman–Crippen LogP) is 3.32. The van der Waals surface area contributed by atoms with E-state index in [0.717, 1.165) is 23.4 Å². The summed E-state index contributed by atoms with van der Waals surface area (Å²) in [6.45, 7) is 3.88. The molecule has 0 spiro atoms. The highest BCUT2D eigenvalue weighted by Gasteiger charge is 2.31. The van der Waals surface area contributed by atoms with Gasteiger partial charge in [0.1, 0.15) is 18.4 Å². The second-order valence-electron chi connectivity index (χ2n) is 7.82. The smallest absolute Gasteiger partial charge is 0.244 e. The van der Waals surface area contributed by atoms with Crippen molar-refractivity contribution in [3.05, 3.63) is 66.0 Å². The van der Waals surface area contributed by atoms with E-state index in [1.165, 1.54) is 17.0 Å². The van der Waals surface area contributed by atoms with E-state index in [2.05, 4.69) is 5.32 Å². The van der Waals surface area contributed by atoms with Crippen LogP contribution in [0.2, 0.25) is 0 Å². The highest BCUT2D eigenvalue weighted by Crippen LogP contribution is 2.19. The number of nitrogens with one attached hydrogen (secondary N) is 1. The Morgan fingerprint density at radius 2 is 1.67 bits per heavy atom. The molecule has 0 saturated carbocycles. The van der Waals surface area contributed by atoms with Crippen molar-refractivity contribution in [2.75, 3.05) is 23.7 Å². The van der Waals surface area contributed by atoms with E-state index in [9.17, 15) is 22.4 Å². The largest absolute Gasteiger partial charge is 0.354 e. The number of hydrogen-bond acceptors (Lipinski definition) is 4. The molecule has 0 aliphatic rings. The van der Waals surface area contributed by atoms with Crippen LogP contribution in [0.4, 0.5) is 10.1 Å². The number of amides is 2. The zero-order chi connectivity index (χ0) is 24.4. The van der Waals surface area contributed by atoms with Gasteiger partial charge in [0.2, 0.25) is 21.8 Å². The number of nitrogens with zero attached hydrogens (tertiary/aromatic N) is 2. The molecule has 1 N–H and O–H groups in total. The number of rotatable bonds is 12. The summed E-state index contributed by atoms with van der Waals surface area (Å²) >= 11 is 0. The second-order valence-corrected chi connectivity index (χ2v) is 9.73. The molecule has 0 aromatic heterocycles. The van der Waals surface area contributed by atoms with E-state index in [0.29, 0.717) is 24.2 Å². The van der Waals surface area contributed by atoms with Crippen LogP contribution in [0.15, 0.2) is 54.6 Å². The Kier molecular flexibility index (Phi) is 9.84.